The number of aryl methyl sites for hydroxylation is 1. The Morgan fingerprint density at radius 1 is 1.15 bits per heavy atom. The van der Waals surface area contributed by atoms with Crippen molar-refractivity contribution in [1.82, 2.24) is 15.0 Å². The summed E-state index contributed by atoms with van der Waals surface area (Å²) in [7, 11) is 0. The van der Waals surface area contributed by atoms with Crippen molar-refractivity contribution in [2.75, 3.05) is 36.5 Å². The van der Waals surface area contributed by atoms with E-state index in [1.54, 1.807) is 6.07 Å². The Bertz CT molecular complexity index is 1340. The molecule has 0 saturated carbocycles. The van der Waals surface area contributed by atoms with Gasteiger partial charge in [0.1, 0.15) is 17.7 Å². The maximum absolute atomic E-state index is 11.7. The smallest absolute Gasteiger partial charge is 0.247 e. The van der Waals surface area contributed by atoms with Gasteiger partial charge in [0.25, 0.3) is 0 Å². The topological polar surface area (TPSA) is 92.4 Å². The van der Waals surface area contributed by atoms with Crippen LogP contribution in [-0.4, -0.2) is 47.2 Å². The molecule has 0 spiro atoms. The van der Waals surface area contributed by atoms with E-state index in [9.17, 15) is 4.79 Å². The van der Waals surface area contributed by atoms with Crippen molar-refractivity contribution in [3.63, 3.8) is 0 Å². The lowest BCUT2D eigenvalue weighted by Crippen LogP contribution is -2.36. The van der Waals surface area contributed by atoms with Crippen molar-refractivity contribution in [3.8, 4) is 22.9 Å². The highest BCUT2D eigenvalue weighted by Gasteiger charge is 2.14. The fourth-order valence-corrected chi connectivity index (χ4v) is 3.92. The Morgan fingerprint density at radius 3 is 2.71 bits per heavy atom. The largest absolute Gasteiger partial charge is 0.438 e. The summed E-state index contributed by atoms with van der Waals surface area (Å²) in [4.78, 5) is 26.1. The van der Waals surface area contributed by atoms with Crippen molar-refractivity contribution in [2.45, 2.75) is 6.92 Å². The van der Waals surface area contributed by atoms with Gasteiger partial charge in [-0.3, -0.25) is 4.79 Å². The van der Waals surface area contributed by atoms with E-state index in [0.29, 0.717) is 23.0 Å². The molecule has 0 bridgehead atoms. The fourth-order valence-electron chi connectivity index (χ4n) is 3.92. The summed E-state index contributed by atoms with van der Waals surface area (Å²) < 4.78 is 11.5. The van der Waals surface area contributed by atoms with Crippen LogP contribution in [0.25, 0.3) is 22.3 Å². The van der Waals surface area contributed by atoms with Crippen LogP contribution in [0.2, 0.25) is 0 Å². The first-order chi connectivity index (χ1) is 16.6. The molecule has 8 nitrogen and oxygen atoms in total. The third-order valence-corrected chi connectivity index (χ3v) is 5.81. The molecule has 8 heteroatoms. The van der Waals surface area contributed by atoms with E-state index in [4.69, 9.17) is 9.47 Å². The zero-order chi connectivity index (χ0) is 23.5. The van der Waals surface area contributed by atoms with Crippen LogP contribution in [0.5, 0.6) is 11.6 Å². The highest BCUT2D eigenvalue weighted by Crippen LogP contribution is 2.33. The number of aromatic nitrogens is 3. The van der Waals surface area contributed by atoms with Crippen LogP contribution in [0, 0.1) is 6.92 Å². The molecular formula is C26H25N5O3. The third kappa shape index (κ3) is 4.49. The molecule has 1 amide bonds. The highest BCUT2D eigenvalue weighted by molar-refractivity contribution is 5.99. The van der Waals surface area contributed by atoms with E-state index < -0.39 is 0 Å². The number of carbonyl (C=O) groups excluding carboxylic acids is 1. The summed E-state index contributed by atoms with van der Waals surface area (Å²) in [6.07, 6.45) is 2.70. The van der Waals surface area contributed by atoms with Crippen molar-refractivity contribution < 1.29 is 14.3 Å². The van der Waals surface area contributed by atoms with Crippen LogP contribution >= 0.6 is 0 Å². The maximum atomic E-state index is 11.7. The molecular weight excluding hydrogens is 430 g/mol. The Morgan fingerprint density at radius 2 is 1.94 bits per heavy atom. The first-order valence-corrected chi connectivity index (χ1v) is 11.1. The summed E-state index contributed by atoms with van der Waals surface area (Å²) in [5, 5.41) is 3.56. The van der Waals surface area contributed by atoms with Crippen LogP contribution in [0.3, 0.4) is 0 Å². The van der Waals surface area contributed by atoms with Crippen molar-refractivity contribution >= 4 is 28.3 Å². The molecule has 0 unspecified atom stereocenters. The van der Waals surface area contributed by atoms with Gasteiger partial charge < -0.3 is 24.7 Å². The number of nitrogens with one attached hydrogen (secondary N) is 2. The molecule has 1 aliphatic heterocycles. The minimum atomic E-state index is -0.278. The normalized spacial score (nSPS) is 13.6. The molecule has 172 valence electrons. The van der Waals surface area contributed by atoms with Crippen molar-refractivity contribution in [2.24, 2.45) is 0 Å². The number of nitrogens with zero attached hydrogens (tertiary/aromatic N) is 3. The number of amides is 1. The van der Waals surface area contributed by atoms with Gasteiger partial charge in [0.05, 0.1) is 18.6 Å². The summed E-state index contributed by atoms with van der Waals surface area (Å²) in [6, 6.07) is 15.9. The first kappa shape index (κ1) is 21.7. The van der Waals surface area contributed by atoms with Gasteiger partial charge in [-0.2, -0.15) is 0 Å². The standard InChI is InChI=1S/C26H25N5O3/c1-3-24(32)29-22-14-20(9-4-17(22)2)34-26-21-15-23(30-25(21)27-16-28-26)18-5-7-19(8-6-18)31-10-12-33-13-11-31/h3-9,14-16H,1,10-13H2,2H3,(H,29,32)(H,27,28,30). The number of hydrogen-bond acceptors (Lipinski definition) is 6. The summed E-state index contributed by atoms with van der Waals surface area (Å²) in [5.41, 5.74) is 5.42. The number of morpholine rings is 1. The molecule has 1 saturated heterocycles. The van der Waals surface area contributed by atoms with E-state index in [1.807, 2.05) is 25.1 Å². The Balaban J connectivity index is 1.40. The number of H-pyrrole nitrogens is 1. The van der Waals surface area contributed by atoms with Crippen LogP contribution in [0.15, 0.2) is 67.5 Å². The average molecular weight is 456 g/mol. The molecule has 5 rings (SSSR count). The molecule has 0 aliphatic carbocycles. The van der Waals surface area contributed by atoms with Gasteiger partial charge in [-0.1, -0.05) is 24.8 Å². The second-order valence-electron chi connectivity index (χ2n) is 8.04. The fraction of sp³-hybridized carbons (Fsp3) is 0.192. The van der Waals surface area contributed by atoms with Gasteiger partial charge in [-0.15, -0.1) is 0 Å². The lowest BCUT2D eigenvalue weighted by Gasteiger charge is -2.28. The maximum Gasteiger partial charge on any atom is 0.247 e. The number of rotatable bonds is 6. The molecule has 2 N–H and O–H groups in total. The minimum absolute atomic E-state index is 0.278. The van der Waals surface area contributed by atoms with Crippen molar-refractivity contribution in [3.05, 3.63) is 73.1 Å². The number of fused-ring (bicyclic) bond motifs is 1. The number of aromatic amines is 1. The zero-order valence-electron chi connectivity index (χ0n) is 18.9. The average Bonchev–Trinajstić information content (AvgIpc) is 3.32. The highest BCUT2D eigenvalue weighted by atomic mass is 16.5. The van der Waals surface area contributed by atoms with Crippen molar-refractivity contribution in [1.29, 1.82) is 0 Å². The van der Waals surface area contributed by atoms with E-state index in [0.717, 1.165) is 48.5 Å². The molecule has 0 radical (unpaired) electrons. The Hall–Kier alpha value is -4.17. The number of hydrogen-bond donors (Lipinski definition) is 2. The quantitative estimate of drug-likeness (QED) is 0.410. The third-order valence-electron chi connectivity index (χ3n) is 5.81. The second-order valence-corrected chi connectivity index (χ2v) is 8.04. The number of benzene rings is 2. The van der Waals surface area contributed by atoms with Crippen LogP contribution < -0.4 is 15.0 Å². The summed E-state index contributed by atoms with van der Waals surface area (Å²) in [5.74, 6) is 0.712. The van der Waals surface area contributed by atoms with E-state index in [2.05, 4.69) is 56.0 Å². The van der Waals surface area contributed by atoms with Gasteiger partial charge in [0, 0.05) is 36.2 Å². The number of anilines is 2. The minimum Gasteiger partial charge on any atom is -0.438 e. The van der Waals surface area contributed by atoms with Crippen LogP contribution in [0.4, 0.5) is 11.4 Å². The monoisotopic (exact) mass is 455 g/mol. The lowest BCUT2D eigenvalue weighted by atomic mass is 10.1. The first-order valence-electron chi connectivity index (χ1n) is 11.1. The molecule has 1 fully saturated rings. The lowest BCUT2D eigenvalue weighted by molar-refractivity contribution is -0.111. The predicted octanol–water partition coefficient (Wildman–Crippen LogP) is 4.69. The second kappa shape index (κ2) is 9.36. The van der Waals surface area contributed by atoms with E-state index in [-0.39, 0.29) is 5.91 Å². The Kier molecular flexibility index (Phi) is 5.97. The molecule has 0 atom stereocenters. The number of carbonyl (C=O) groups is 1. The summed E-state index contributed by atoms with van der Waals surface area (Å²) in [6.45, 7) is 8.73. The SMILES string of the molecule is C=CC(=O)Nc1cc(Oc2ncnc3[nH]c(-c4ccc(N5CCOCC5)cc4)cc23)ccc1C. The molecule has 34 heavy (non-hydrogen) atoms. The molecule has 2 aromatic carbocycles. The van der Waals surface area contributed by atoms with Crippen LogP contribution in [0.1, 0.15) is 5.56 Å². The van der Waals surface area contributed by atoms with Gasteiger partial charge in [0.2, 0.25) is 11.8 Å². The Labute approximate surface area is 197 Å². The zero-order valence-corrected chi connectivity index (χ0v) is 18.9. The van der Waals surface area contributed by atoms with Crippen LogP contribution in [-0.2, 0) is 9.53 Å². The van der Waals surface area contributed by atoms with Gasteiger partial charge in [0.15, 0.2) is 0 Å². The molecule has 4 aromatic rings. The van der Waals surface area contributed by atoms with E-state index >= 15 is 0 Å². The molecule has 3 heterocycles. The molecule has 1 aliphatic rings. The van der Waals surface area contributed by atoms with E-state index in [1.165, 1.54) is 18.1 Å². The number of ether oxygens (including phenoxy) is 2. The van der Waals surface area contributed by atoms with Gasteiger partial charge >= 0.3 is 0 Å². The molecule has 2 aromatic heterocycles. The summed E-state index contributed by atoms with van der Waals surface area (Å²) >= 11 is 0. The predicted molar refractivity (Wildman–Crippen MR) is 132 cm³/mol. The van der Waals surface area contributed by atoms with Gasteiger partial charge in [-0.05, 0) is 48.4 Å². The van der Waals surface area contributed by atoms with Gasteiger partial charge in [-0.25, -0.2) is 9.97 Å².